The van der Waals surface area contributed by atoms with E-state index >= 15 is 0 Å². The van der Waals surface area contributed by atoms with Gasteiger partial charge in [-0.05, 0) is 48.9 Å². The van der Waals surface area contributed by atoms with Gasteiger partial charge in [0.05, 0.1) is 12.0 Å². The van der Waals surface area contributed by atoms with Crippen molar-refractivity contribution in [1.82, 2.24) is 0 Å². The van der Waals surface area contributed by atoms with Crippen LogP contribution in [0.3, 0.4) is 0 Å². The van der Waals surface area contributed by atoms with Gasteiger partial charge >= 0.3 is 0 Å². The third-order valence-corrected chi connectivity index (χ3v) is 5.52. The Hall–Kier alpha value is -1.83. The Balaban J connectivity index is 1.76. The summed E-state index contributed by atoms with van der Waals surface area (Å²) < 4.78 is 0. The van der Waals surface area contributed by atoms with E-state index in [4.69, 9.17) is 11.6 Å². The van der Waals surface area contributed by atoms with Gasteiger partial charge in [-0.1, -0.05) is 30.2 Å². The van der Waals surface area contributed by atoms with Crippen LogP contribution in [0.1, 0.15) is 40.8 Å². The summed E-state index contributed by atoms with van der Waals surface area (Å²) in [5.74, 6) is -0.0970. The second-order valence-corrected chi connectivity index (χ2v) is 7.27. The number of benzene rings is 1. The number of carbonyl (C=O) groups is 1. The second kappa shape index (κ2) is 7.16. The van der Waals surface area contributed by atoms with Gasteiger partial charge in [-0.3, -0.25) is 4.79 Å². The van der Waals surface area contributed by atoms with Gasteiger partial charge in [-0.2, -0.15) is 5.26 Å². The zero-order chi connectivity index (χ0) is 16.2. The van der Waals surface area contributed by atoms with Gasteiger partial charge in [-0.15, -0.1) is 11.3 Å². The number of fused-ring (bicyclic) bond motifs is 1. The summed E-state index contributed by atoms with van der Waals surface area (Å²) in [5.41, 5.74) is 2.72. The lowest BCUT2D eigenvalue weighted by atomic mass is 10.1. The van der Waals surface area contributed by atoms with Gasteiger partial charge in [0.1, 0.15) is 11.1 Å². The van der Waals surface area contributed by atoms with E-state index in [2.05, 4.69) is 11.4 Å². The number of nitriles is 1. The number of rotatable bonds is 3. The number of nitrogens with zero attached hydrogens (tertiary/aromatic N) is 1. The molecular formula is C18H17ClN2OS. The van der Waals surface area contributed by atoms with Crippen LogP contribution in [0.25, 0.3) is 0 Å². The van der Waals surface area contributed by atoms with Crippen molar-refractivity contribution < 1.29 is 4.79 Å². The summed E-state index contributed by atoms with van der Waals surface area (Å²) in [6.07, 6.45) is 5.74. The molecular weight excluding hydrogens is 328 g/mol. The van der Waals surface area contributed by atoms with E-state index in [1.54, 1.807) is 23.5 Å². The largest absolute Gasteiger partial charge is 0.316 e. The highest BCUT2D eigenvalue weighted by Gasteiger charge is 2.20. The standard InChI is InChI=1S/C18H17ClN2OS/c19-13-8-6-12(7-9-13)10-17(22)21-18-15(11-20)14-4-2-1-3-5-16(14)23-18/h6-9H,1-5,10H2,(H,21,22). The van der Waals surface area contributed by atoms with E-state index in [-0.39, 0.29) is 12.3 Å². The van der Waals surface area contributed by atoms with Crippen molar-refractivity contribution in [2.45, 2.75) is 38.5 Å². The highest BCUT2D eigenvalue weighted by molar-refractivity contribution is 7.16. The van der Waals surface area contributed by atoms with Crippen molar-refractivity contribution in [3.63, 3.8) is 0 Å². The van der Waals surface area contributed by atoms with Crippen LogP contribution >= 0.6 is 22.9 Å². The average Bonchev–Trinajstić information content (AvgIpc) is 2.69. The summed E-state index contributed by atoms with van der Waals surface area (Å²) >= 11 is 7.42. The molecule has 118 valence electrons. The Morgan fingerprint density at radius 2 is 1.96 bits per heavy atom. The minimum atomic E-state index is -0.0970. The number of anilines is 1. The van der Waals surface area contributed by atoms with Crippen LogP contribution in [-0.4, -0.2) is 5.91 Å². The van der Waals surface area contributed by atoms with Crippen LogP contribution in [0.4, 0.5) is 5.00 Å². The molecule has 0 saturated heterocycles. The number of halogens is 1. The maximum Gasteiger partial charge on any atom is 0.229 e. The molecule has 0 aliphatic heterocycles. The van der Waals surface area contributed by atoms with Crippen molar-refractivity contribution in [1.29, 1.82) is 5.26 Å². The summed E-state index contributed by atoms with van der Waals surface area (Å²) in [6, 6.07) is 9.53. The molecule has 3 nitrogen and oxygen atoms in total. The van der Waals surface area contributed by atoms with E-state index in [9.17, 15) is 10.1 Å². The molecule has 1 aliphatic rings. The minimum Gasteiger partial charge on any atom is -0.316 e. The second-order valence-electron chi connectivity index (χ2n) is 5.73. The molecule has 0 atom stereocenters. The molecule has 23 heavy (non-hydrogen) atoms. The van der Waals surface area contributed by atoms with Crippen LogP contribution in [0.5, 0.6) is 0 Å². The Morgan fingerprint density at radius 3 is 2.70 bits per heavy atom. The molecule has 0 radical (unpaired) electrons. The van der Waals surface area contributed by atoms with Gasteiger partial charge in [-0.25, -0.2) is 0 Å². The summed E-state index contributed by atoms with van der Waals surface area (Å²) in [4.78, 5) is 13.5. The monoisotopic (exact) mass is 344 g/mol. The topological polar surface area (TPSA) is 52.9 Å². The molecule has 0 spiro atoms. The molecule has 0 bridgehead atoms. The number of carbonyl (C=O) groups excluding carboxylic acids is 1. The lowest BCUT2D eigenvalue weighted by Crippen LogP contribution is -2.14. The third-order valence-electron chi connectivity index (χ3n) is 4.06. The van der Waals surface area contributed by atoms with E-state index in [1.807, 2.05) is 12.1 Å². The maximum atomic E-state index is 12.3. The first kappa shape index (κ1) is 16.0. The van der Waals surface area contributed by atoms with Crippen molar-refractivity contribution in [3.8, 4) is 6.07 Å². The third kappa shape index (κ3) is 3.74. The summed E-state index contributed by atoms with van der Waals surface area (Å²) in [6.45, 7) is 0. The normalized spacial score (nSPS) is 13.7. The lowest BCUT2D eigenvalue weighted by Gasteiger charge is -2.04. The zero-order valence-corrected chi connectivity index (χ0v) is 14.3. The molecule has 2 aromatic rings. The Labute approximate surface area is 144 Å². The van der Waals surface area contributed by atoms with E-state index in [1.165, 1.54) is 11.3 Å². The Kier molecular flexibility index (Phi) is 5.00. The molecule has 1 heterocycles. The molecule has 5 heteroatoms. The van der Waals surface area contributed by atoms with E-state index < -0.39 is 0 Å². The van der Waals surface area contributed by atoms with Crippen molar-refractivity contribution in [2.24, 2.45) is 0 Å². The fraction of sp³-hybridized carbons (Fsp3) is 0.333. The number of nitrogens with one attached hydrogen (secondary N) is 1. The smallest absolute Gasteiger partial charge is 0.229 e. The van der Waals surface area contributed by atoms with Crippen LogP contribution < -0.4 is 5.32 Å². The average molecular weight is 345 g/mol. The highest BCUT2D eigenvalue weighted by Crippen LogP contribution is 2.37. The van der Waals surface area contributed by atoms with E-state index in [0.29, 0.717) is 15.6 Å². The molecule has 3 rings (SSSR count). The van der Waals surface area contributed by atoms with Gasteiger partial charge in [0.15, 0.2) is 0 Å². The molecule has 1 aliphatic carbocycles. The maximum absolute atomic E-state index is 12.3. The van der Waals surface area contributed by atoms with Crippen LogP contribution in [0, 0.1) is 11.3 Å². The van der Waals surface area contributed by atoms with Crippen LogP contribution in [0.15, 0.2) is 24.3 Å². The van der Waals surface area contributed by atoms with Gasteiger partial charge < -0.3 is 5.32 Å². The molecule has 0 unspecified atom stereocenters. The predicted octanol–water partition coefficient (Wildman–Crippen LogP) is 4.72. The first-order valence-electron chi connectivity index (χ1n) is 7.76. The fourth-order valence-electron chi connectivity index (χ4n) is 2.91. The van der Waals surface area contributed by atoms with Gasteiger partial charge in [0.2, 0.25) is 5.91 Å². The summed E-state index contributed by atoms with van der Waals surface area (Å²) in [7, 11) is 0. The molecule has 1 aromatic carbocycles. The lowest BCUT2D eigenvalue weighted by molar-refractivity contribution is -0.115. The SMILES string of the molecule is N#Cc1c(NC(=O)Cc2ccc(Cl)cc2)sc2c1CCCCC2. The Bertz CT molecular complexity index is 759. The van der Waals surface area contributed by atoms with Crippen LogP contribution in [-0.2, 0) is 24.1 Å². The molecule has 1 N–H and O–H groups in total. The highest BCUT2D eigenvalue weighted by atomic mass is 35.5. The minimum absolute atomic E-state index is 0.0970. The quantitative estimate of drug-likeness (QED) is 0.819. The number of hydrogen-bond donors (Lipinski definition) is 1. The fourth-order valence-corrected chi connectivity index (χ4v) is 4.29. The van der Waals surface area contributed by atoms with Gasteiger partial charge in [0.25, 0.3) is 0 Å². The number of hydrogen-bond acceptors (Lipinski definition) is 3. The van der Waals surface area contributed by atoms with Crippen molar-refractivity contribution >= 4 is 33.8 Å². The number of aryl methyl sites for hydroxylation is 1. The first-order valence-corrected chi connectivity index (χ1v) is 8.96. The zero-order valence-electron chi connectivity index (χ0n) is 12.7. The molecule has 0 fully saturated rings. The first-order chi connectivity index (χ1) is 11.2. The number of amides is 1. The van der Waals surface area contributed by atoms with E-state index in [0.717, 1.165) is 36.8 Å². The van der Waals surface area contributed by atoms with Crippen molar-refractivity contribution in [2.75, 3.05) is 5.32 Å². The molecule has 1 amide bonds. The van der Waals surface area contributed by atoms with Gasteiger partial charge in [0, 0.05) is 9.90 Å². The Morgan fingerprint density at radius 1 is 1.22 bits per heavy atom. The molecule has 1 aromatic heterocycles. The molecule has 0 saturated carbocycles. The number of thiophene rings is 1. The van der Waals surface area contributed by atoms with Crippen molar-refractivity contribution in [3.05, 3.63) is 50.9 Å². The summed E-state index contributed by atoms with van der Waals surface area (Å²) in [5, 5.41) is 13.8. The predicted molar refractivity (Wildman–Crippen MR) is 94.1 cm³/mol. The van der Waals surface area contributed by atoms with Crippen LogP contribution in [0.2, 0.25) is 5.02 Å².